The predicted octanol–water partition coefficient (Wildman–Crippen LogP) is 6.26. The number of carbonyl (C=O) groups excluding carboxylic acids is 1. The Labute approximate surface area is 181 Å². The quantitative estimate of drug-likeness (QED) is 0.359. The zero-order valence-electron chi connectivity index (χ0n) is 18.6. The van der Waals surface area contributed by atoms with Crippen LogP contribution in [0.25, 0.3) is 0 Å². The highest BCUT2D eigenvalue weighted by Crippen LogP contribution is 2.20. The van der Waals surface area contributed by atoms with Gasteiger partial charge in [-0.15, -0.1) is 0 Å². The van der Waals surface area contributed by atoms with Crippen molar-refractivity contribution in [2.75, 3.05) is 23.8 Å². The summed E-state index contributed by atoms with van der Waals surface area (Å²) in [6.45, 7) is 7.22. The van der Waals surface area contributed by atoms with E-state index in [0.717, 1.165) is 35.7 Å². The van der Waals surface area contributed by atoms with Gasteiger partial charge in [0.25, 0.3) is 0 Å². The van der Waals surface area contributed by atoms with Gasteiger partial charge in [0.05, 0.1) is 19.3 Å². The van der Waals surface area contributed by atoms with E-state index in [0.29, 0.717) is 6.61 Å². The standard InChI is InChI=1S/C25H36N2O3/c1-4-6-7-8-9-16-29-23-14-11-13-22(18-23)27-25(28)19-26-21-12-10-15-24(17-21)30-20(3)5-2/h10-15,17-18,20,26H,4-9,16,19H2,1-3H3,(H,27,28). The fourth-order valence-corrected chi connectivity index (χ4v) is 2.94. The number of nitrogens with one attached hydrogen (secondary N) is 2. The molecule has 0 aliphatic rings. The van der Waals surface area contributed by atoms with E-state index in [-0.39, 0.29) is 18.6 Å². The molecule has 0 bridgehead atoms. The van der Waals surface area contributed by atoms with Crippen LogP contribution in [0.5, 0.6) is 11.5 Å². The number of hydrogen-bond acceptors (Lipinski definition) is 4. The van der Waals surface area contributed by atoms with Gasteiger partial charge in [0.1, 0.15) is 11.5 Å². The summed E-state index contributed by atoms with van der Waals surface area (Å²) in [5.41, 5.74) is 1.59. The summed E-state index contributed by atoms with van der Waals surface area (Å²) in [6.07, 6.45) is 7.14. The molecule has 0 spiro atoms. The van der Waals surface area contributed by atoms with E-state index in [4.69, 9.17) is 9.47 Å². The van der Waals surface area contributed by atoms with Crippen LogP contribution in [0.2, 0.25) is 0 Å². The van der Waals surface area contributed by atoms with Gasteiger partial charge in [-0.25, -0.2) is 0 Å². The molecular weight excluding hydrogens is 376 g/mol. The van der Waals surface area contributed by atoms with Crippen LogP contribution >= 0.6 is 0 Å². The molecule has 5 heteroatoms. The molecule has 0 aromatic heterocycles. The lowest BCUT2D eigenvalue weighted by Gasteiger charge is -2.14. The van der Waals surface area contributed by atoms with E-state index in [1.807, 2.05) is 55.5 Å². The molecule has 5 nitrogen and oxygen atoms in total. The Kier molecular flexibility index (Phi) is 10.6. The molecule has 0 aliphatic carbocycles. The number of ether oxygens (including phenoxy) is 2. The van der Waals surface area contributed by atoms with Crippen molar-refractivity contribution in [1.29, 1.82) is 0 Å². The first-order valence-electron chi connectivity index (χ1n) is 11.1. The minimum absolute atomic E-state index is 0.111. The van der Waals surface area contributed by atoms with E-state index >= 15 is 0 Å². The van der Waals surface area contributed by atoms with Crippen molar-refractivity contribution in [3.8, 4) is 11.5 Å². The maximum Gasteiger partial charge on any atom is 0.243 e. The van der Waals surface area contributed by atoms with Crippen molar-refractivity contribution in [1.82, 2.24) is 0 Å². The molecule has 2 aromatic carbocycles. The van der Waals surface area contributed by atoms with E-state index in [9.17, 15) is 4.79 Å². The lowest BCUT2D eigenvalue weighted by molar-refractivity contribution is -0.114. The first-order valence-corrected chi connectivity index (χ1v) is 11.1. The van der Waals surface area contributed by atoms with Crippen LogP contribution < -0.4 is 20.1 Å². The zero-order chi connectivity index (χ0) is 21.6. The summed E-state index contributed by atoms with van der Waals surface area (Å²) in [4.78, 5) is 12.3. The van der Waals surface area contributed by atoms with E-state index in [1.54, 1.807) is 0 Å². The molecule has 0 saturated carbocycles. The average Bonchev–Trinajstić information content (AvgIpc) is 2.75. The second kappa shape index (κ2) is 13.5. The smallest absolute Gasteiger partial charge is 0.243 e. The summed E-state index contributed by atoms with van der Waals surface area (Å²) in [5, 5.41) is 6.06. The first kappa shape index (κ1) is 23.6. The third-order valence-corrected chi connectivity index (χ3v) is 4.83. The maximum absolute atomic E-state index is 12.3. The minimum atomic E-state index is -0.111. The molecule has 2 N–H and O–H groups in total. The summed E-state index contributed by atoms with van der Waals surface area (Å²) < 4.78 is 11.6. The van der Waals surface area contributed by atoms with Crippen LogP contribution in [0, 0.1) is 0 Å². The average molecular weight is 413 g/mol. The molecule has 164 valence electrons. The Morgan fingerprint density at radius 3 is 2.40 bits per heavy atom. The SMILES string of the molecule is CCCCCCCOc1cccc(NC(=O)CNc2cccc(OC(C)CC)c2)c1. The number of hydrogen-bond donors (Lipinski definition) is 2. The second-order valence-corrected chi connectivity index (χ2v) is 7.56. The van der Waals surface area contributed by atoms with Crippen LogP contribution in [0.3, 0.4) is 0 Å². The highest BCUT2D eigenvalue weighted by atomic mass is 16.5. The largest absolute Gasteiger partial charge is 0.494 e. The van der Waals surface area contributed by atoms with Crippen LogP contribution in [0.15, 0.2) is 48.5 Å². The van der Waals surface area contributed by atoms with Crippen LogP contribution in [0.1, 0.15) is 59.3 Å². The van der Waals surface area contributed by atoms with Crippen molar-refractivity contribution in [3.63, 3.8) is 0 Å². The Bertz CT molecular complexity index is 764. The van der Waals surface area contributed by atoms with Crippen molar-refractivity contribution in [2.24, 2.45) is 0 Å². The van der Waals surface area contributed by atoms with Crippen molar-refractivity contribution < 1.29 is 14.3 Å². The summed E-state index contributed by atoms with van der Waals surface area (Å²) >= 11 is 0. The normalized spacial score (nSPS) is 11.6. The lowest BCUT2D eigenvalue weighted by atomic mass is 10.2. The Balaban J connectivity index is 1.76. The van der Waals surface area contributed by atoms with Crippen LogP contribution in [-0.2, 0) is 4.79 Å². The minimum Gasteiger partial charge on any atom is -0.494 e. The highest BCUT2D eigenvalue weighted by molar-refractivity contribution is 5.93. The van der Waals surface area contributed by atoms with Crippen molar-refractivity contribution in [3.05, 3.63) is 48.5 Å². The number of rotatable bonds is 14. The molecular formula is C25H36N2O3. The molecule has 1 amide bonds. The number of carbonyl (C=O) groups is 1. The Hall–Kier alpha value is -2.69. The van der Waals surface area contributed by atoms with Crippen molar-refractivity contribution in [2.45, 2.75) is 65.4 Å². The number of anilines is 2. The fourth-order valence-electron chi connectivity index (χ4n) is 2.94. The third-order valence-electron chi connectivity index (χ3n) is 4.83. The topological polar surface area (TPSA) is 59.6 Å². The van der Waals surface area contributed by atoms with Gasteiger partial charge in [0.15, 0.2) is 0 Å². The van der Waals surface area contributed by atoms with Gasteiger partial charge in [0.2, 0.25) is 5.91 Å². The van der Waals surface area contributed by atoms with Gasteiger partial charge >= 0.3 is 0 Å². The van der Waals surface area contributed by atoms with Gasteiger partial charge in [-0.05, 0) is 44.0 Å². The zero-order valence-corrected chi connectivity index (χ0v) is 18.6. The summed E-state index contributed by atoms with van der Waals surface area (Å²) in [6, 6.07) is 15.2. The monoisotopic (exact) mass is 412 g/mol. The summed E-state index contributed by atoms with van der Waals surface area (Å²) in [5.74, 6) is 1.47. The molecule has 0 fully saturated rings. The molecule has 2 rings (SSSR count). The molecule has 0 radical (unpaired) electrons. The molecule has 0 saturated heterocycles. The third kappa shape index (κ3) is 9.21. The van der Waals surface area contributed by atoms with E-state index in [1.165, 1.54) is 25.7 Å². The molecule has 0 aliphatic heterocycles. The van der Waals surface area contributed by atoms with E-state index < -0.39 is 0 Å². The van der Waals surface area contributed by atoms with Gasteiger partial charge in [-0.3, -0.25) is 4.79 Å². The molecule has 2 aromatic rings. The predicted molar refractivity (Wildman–Crippen MR) is 125 cm³/mol. The Morgan fingerprint density at radius 2 is 1.63 bits per heavy atom. The van der Waals surface area contributed by atoms with Gasteiger partial charge in [-0.1, -0.05) is 51.7 Å². The number of benzene rings is 2. The van der Waals surface area contributed by atoms with E-state index in [2.05, 4.69) is 24.5 Å². The van der Waals surface area contributed by atoms with Gasteiger partial charge < -0.3 is 20.1 Å². The van der Waals surface area contributed by atoms with Gasteiger partial charge in [-0.2, -0.15) is 0 Å². The number of unbranched alkanes of at least 4 members (excludes halogenated alkanes) is 4. The molecule has 1 atom stereocenters. The lowest BCUT2D eigenvalue weighted by Crippen LogP contribution is -2.21. The number of amides is 1. The molecule has 1 unspecified atom stereocenters. The molecule has 30 heavy (non-hydrogen) atoms. The van der Waals surface area contributed by atoms with Gasteiger partial charge in [0, 0.05) is 23.5 Å². The van der Waals surface area contributed by atoms with Crippen LogP contribution in [0.4, 0.5) is 11.4 Å². The highest BCUT2D eigenvalue weighted by Gasteiger charge is 2.06. The Morgan fingerprint density at radius 1 is 0.933 bits per heavy atom. The maximum atomic E-state index is 12.3. The van der Waals surface area contributed by atoms with Crippen LogP contribution in [-0.4, -0.2) is 25.2 Å². The fraction of sp³-hybridized carbons (Fsp3) is 0.480. The second-order valence-electron chi connectivity index (χ2n) is 7.56. The first-order chi connectivity index (χ1) is 14.6. The molecule has 0 heterocycles. The van der Waals surface area contributed by atoms with Crippen molar-refractivity contribution >= 4 is 17.3 Å². The summed E-state index contributed by atoms with van der Waals surface area (Å²) in [7, 11) is 0.